The molecule has 8 heteroatoms. The number of nitrogens with zero attached hydrogens (tertiary/aromatic N) is 1. The zero-order valence-corrected chi connectivity index (χ0v) is 15.4. The largest absolute Gasteiger partial charge is 0.489 e. The van der Waals surface area contributed by atoms with Crippen molar-refractivity contribution in [1.82, 2.24) is 0 Å². The van der Waals surface area contributed by atoms with E-state index in [0.717, 1.165) is 0 Å². The van der Waals surface area contributed by atoms with Gasteiger partial charge in [0, 0.05) is 16.8 Å². The minimum atomic E-state index is -0.466. The highest BCUT2D eigenvalue weighted by molar-refractivity contribution is 5.96. The number of hydrogen-bond acceptors (Lipinski definition) is 6. The predicted molar refractivity (Wildman–Crippen MR) is 103 cm³/mol. The Balaban J connectivity index is 1.62. The van der Waals surface area contributed by atoms with Crippen LogP contribution < -0.4 is 15.4 Å². The number of amidine groups is 1. The molecule has 1 heterocycles. The maximum Gasteiger partial charge on any atom is 0.414 e. The zero-order chi connectivity index (χ0) is 20.1. The molecule has 1 atom stereocenters. The van der Waals surface area contributed by atoms with E-state index < -0.39 is 12.2 Å². The van der Waals surface area contributed by atoms with Gasteiger partial charge in [-0.15, -0.1) is 0 Å². The number of para-hydroxylation sites is 1. The molecular formula is C20H21N3O5. The Kier molecular flexibility index (Phi) is 5.78. The quantitative estimate of drug-likeness (QED) is 0.430. The first-order valence-corrected chi connectivity index (χ1v) is 8.68. The van der Waals surface area contributed by atoms with Crippen LogP contribution in [-0.2, 0) is 20.7 Å². The standard InChI is InChI=1S/C20H21N3O5/c1-26-18(24)10-14-4-2-3-5-17(14)27-12-16-11-23(20(25)28-16)15-8-6-13(7-9-15)19(21)22/h2-9,16H,10-12H2,1H3,(H3,21,22). The molecule has 2 aromatic rings. The van der Waals surface area contributed by atoms with Gasteiger partial charge in [-0.1, -0.05) is 18.2 Å². The van der Waals surface area contributed by atoms with Crippen molar-refractivity contribution in [2.24, 2.45) is 5.73 Å². The van der Waals surface area contributed by atoms with Gasteiger partial charge in [-0.25, -0.2) is 4.79 Å². The number of nitrogens with two attached hydrogens (primary N) is 1. The summed E-state index contributed by atoms with van der Waals surface area (Å²) < 4.78 is 15.9. The molecule has 1 amide bonds. The second-order valence-electron chi connectivity index (χ2n) is 6.25. The van der Waals surface area contributed by atoms with Crippen LogP contribution in [0.25, 0.3) is 0 Å². The normalized spacial score (nSPS) is 15.8. The number of nitrogen functional groups attached to an aromatic ring is 1. The number of methoxy groups -OCH3 is 1. The smallest absolute Gasteiger partial charge is 0.414 e. The van der Waals surface area contributed by atoms with Gasteiger partial charge in [-0.3, -0.25) is 15.1 Å². The summed E-state index contributed by atoms with van der Waals surface area (Å²) in [6.07, 6.45) is -0.815. The monoisotopic (exact) mass is 383 g/mol. The number of ether oxygens (including phenoxy) is 3. The van der Waals surface area contributed by atoms with E-state index in [-0.39, 0.29) is 24.8 Å². The lowest BCUT2D eigenvalue weighted by molar-refractivity contribution is -0.139. The Labute approximate surface area is 162 Å². The lowest BCUT2D eigenvalue weighted by atomic mass is 10.1. The summed E-state index contributed by atoms with van der Waals surface area (Å²) in [5.41, 5.74) is 7.39. The topological polar surface area (TPSA) is 115 Å². The highest BCUT2D eigenvalue weighted by Crippen LogP contribution is 2.24. The van der Waals surface area contributed by atoms with E-state index in [1.165, 1.54) is 12.0 Å². The van der Waals surface area contributed by atoms with Crippen LogP contribution in [-0.4, -0.2) is 44.3 Å². The molecule has 0 aliphatic carbocycles. The molecule has 0 radical (unpaired) electrons. The fourth-order valence-electron chi connectivity index (χ4n) is 2.84. The molecular weight excluding hydrogens is 362 g/mol. The Hall–Kier alpha value is -3.55. The molecule has 0 bridgehead atoms. The second-order valence-corrected chi connectivity index (χ2v) is 6.25. The van der Waals surface area contributed by atoms with Gasteiger partial charge in [0.25, 0.3) is 0 Å². The van der Waals surface area contributed by atoms with Crippen molar-refractivity contribution in [3.63, 3.8) is 0 Å². The maximum absolute atomic E-state index is 12.2. The van der Waals surface area contributed by atoms with Crippen LogP contribution in [0.2, 0.25) is 0 Å². The molecule has 0 saturated carbocycles. The number of anilines is 1. The van der Waals surface area contributed by atoms with E-state index >= 15 is 0 Å². The molecule has 1 aliphatic heterocycles. The molecule has 8 nitrogen and oxygen atoms in total. The molecule has 28 heavy (non-hydrogen) atoms. The average molecular weight is 383 g/mol. The number of benzene rings is 2. The van der Waals surface area contributed by atoms with Crippen molar-refractivity contribution in [2.75, 3.05) is 25.2 Å². The van der Waals surface area contributed by atoms with E-state index in [4.69, 9.17) is 25.4 Å². The number of hydrogen-bond donors (Lipinski definition) is 2. The molecule has 0 spiro atoms. The minimum Gasteiger partial charge on any atom is -0.489 e. The van der Waals surface area contributed by atoms with E-state index in [1.807, 2.05) is 6.07 Å². The summed E-state index contributed by atoms with van der Waals surface area (Å²) in [6.45, 7) is 0.489. The van der Waals surface area contributed by atoms with Crippen LogP contribution >= 0.6 is 0 Å². The van der Waals surface area contributed by atoms with E-state index in [9.17, 15) is 9.59 Å². The summed E-state index contributed by atoms with van der Waals surface area (Å²) in [7, 11) is 1.33. The predicted octanol–water partition coefficient (Wildman–Crippen LogP) is 2.09. The summed E-state index contributed by atoms with van der Waals surface area (Å²) >= 11 is 0. The van der Waals surface area contributed by atoms with Gasteiger partial charge in [-0.05, 0) is 30.3 Å². The van der Waals surface area contributed by atoms with Gasteiger partial charge in [0.05, 0.1) is 20.1 Å². The first-order valence-electron chi connectivity index (χ1n) is 8.68. The number of cyclic esters (lactones) is 1. The molecule has 0 aromatic heterocycles. The zero-order valence-electron chi connectivity index (χ0n) is 15.4. The lowest BCUT2D eigenvalue weighted by Crippen LogP contribution is -2.26. The number of carbonyl (C=O) groups excluding carboxylic acids is 2. The number of nitrogens with one attached hydrogen (secondary N) is 1. The Morgan fingerprint density at radius 2 is 1.96 bits per heavy atom. The van der Waals surface area contributed by atoms with Gasteiger partial charge in [0.1, 0.15) is 18.2 Å². The summed E-state index contributed by atoms with van der Waals surface area (Å²) in [5, 5.41) is 7.42. The van der Waals surface area contributed by atoms with Gasteiger partial charge in [0.2, 0.25) is 0 Å². The molecule has 1 fully saturated rings. The van der Waals surface area contributed by atoms with E-state index in [1.54, 1.807) is 42.5 Å². The van der Waals surface area contributed by atoms with Gasteiger partial charge in [0.15, 0.2) is 6.10 Å². The van der Waals surface area contributed by atoms with Gasteiger partial charge >= 0.3 is 12.1 Å². The molecule has 2 aromatic carbocycles. The average Bonchev–Trinajstić information content (AvgIpc) is 3.07. The first kappa shape index (κ1) is 19.2. The maximum atomic E-state index is 12.2. The summed E-state index contributed by atoms with van der Waals surface area (Å²) in [4.78, 5) is 25.2. The SMILES string of the molecule is COC(=O)Cc1ccccc1OCC1CN(c2ccc(C(=N)N)cc2)C(=O)O1. The fraction of sp³-hybridized carbons (Fsp3) is 0.250. The molecule has 1 unspecified atom stereocenters. The minimum absolute atomic E-state index is 0.0348. The number of carbonyl (C=O) groups is 2. The highest BCUT2D eigenvalue weighted by Gasteiger charge is 2.33. The van der Waals surface area contributed by atoms with Crippen LogP contribution in [0.5, 0.6) is 5.75 Å². The second kappa shape index (κ2) is 8.43. The van der Waals surface area contributed by atoms with Crippen molar-refractivity contribution >= 4 is 23.6 Å². The van der Waals surface area contributed by atoms with Gasteiger partial charge < -0.3 is 19.9 Å². The Morgan fingerprint density at radius 3 is 2.64 bits per heavy atom. The molecule has 3 N–H and O–H groups in total. The first-order chi connectivity index (χ1) is 13.5. The molecule has 1 saturated heterocycles. The van der Waals surface area contributed by atoms with Crippen molar-refractivity contribution in [3.8, 4) is 5.75 Å². The van der Waals surface area contributed by atoms with Crippen LogP contribution in [0.4, 0.5) is 10.5 Å². The van der Waals surface area contributed by atoms with Crippen LogP contribution in [0.3, 0.4) is 0 Å². The molecule has 146 valence electrons. The molecule has 1 aliphatic rings. The fourth-order valence-corrected chi connectivity index (χ4v) is 2.84. The van der Waals surface area contributed by atoms with Crippen molar-refractivity contribution < 1.29 is 23.8 Å². The third kappa shape index (κ3) is 4.40. The van der Waals surface area contributed by atoms with Crippen molar-refractivity contribution in [3.05, 3.63) is 59.7 Å². The highest BCUT2D eigenvalue weighted by atomic mass is 16.6. The summed E-state index contributed by atoms with van der Waals surface area (Å²) in [5.74, 6) is 0.157. The van der Waals surface area contributed by atoms with Crippen LogP contribution in [0.15, 0.2) is 48.5 Å². The van der Waals surface area contributed by atoms with E-state index in [0.29, 0.717) is 29.1 Å². The number of esters is 1. The third-order valence-electron chi connectivity index (χ3n) is 4.32. The molecule has 3 rings (SSSR count). The summed E-state index contributed by atoms with van der Waals surface area (Å²) in [6, 6.07) is 13.9. The lowest BCUT2D eigenvalue weighted by Gasteiger charge is -2.14. The number of amides is 1. The Morgan fingerprint density at radius 1 is 1.25 bits per heavy atom. The van der Waals surface area contributed by atoms with Gasteiger partial charge in [-0.2, -0.15) is 0 Å². The van der Waals surface area contributed by atoms with Crippen LogP contribution in [0, 0.1) is 5.41 Å². The van der Waals surface area contributed by atoms with Crippen molar-refractivity contribution in [2.45, 2.75) is 12.5 Å². The van der Waals surface area contributed by atoms with E-state index in [2.05, 4.69) is 0 Å². The Bertz CT molecular complexity index is 882. The van der Waals surface area contributed by atoms with Crippen molar-refractivity contribution in [1.29, 1.82) is 5.41 Å². The van der Waals surface area contributed by atoms with Crippen LogP contribution in [0.1, 0.15) is 11.1 Å². The number of rotatable bonds is 7. The third-order valence-corrected chi connectivity index (χ3v) is 4.32.